The van der Waals surface area contributed by atoms with Crippen LogP contribution in [0.5, 0.6) is 0 Å². The zero-order valence-corrected chi connectivity index (χ0v) is 24.1. The fourth-order valence-corrected chi connectivity index (χ4v) is 5.56. The first-order valence-electron chi connectivity index (χ1n) is 13.9. The van der Waals surface area contributed by atoms with Crippen molar-refractivity contribution in [2.75, 3.05) is 6.54 Å². The normalized spacial score (nSPS) is 18.9. The van der Waals surface area contributed by atoms with Gasteiger partial charge in [-0.05, 0) is 80.3 Å². The summed E-state index contributed by atoms with van der Waals surface area (Å²) in [6.45, 7) is 6.21. The molecular formula is C32H36ClN3O4. The molecule has 2 aromatic rings. The Morgan fingerprint density at radius 2 is 1.95 bits per heavy atom. The zero-order chi connectivity index (χ0) is 28.6. The summed E-state index contributed by atoms with van der Waals surface area (Å²) in [5.41, 5.74) is 4.69. The highest BCUT2D eigenvalue weighted by atomic mass is 35.5. The van der Waals surface area contributed by atoms with E-state index in [-0.39, 0.29) is 36.0 Å². The number of ketones is 1. The summed E-state index contributed by atoms with van der Waals surface area (Å²) in [4.78, 5) is 47.4. The average molecular weight is 562 g/mol. The minimum atomic E-state index is -0.389. The maximum absolute atomic E-state index is 13.8. The Bertz CT molecular complexity index is 1340. The third-order valence-corrected chi connectivity index (χ3v) is 7.51. The van der Waals surface area contributed by atoms with Gasteiger partial charge in [-0.1, -0.05) is 42.8 Å². The molecular weight excluding hydrogens is 526 g/mol. The van der Waals surface area contributed by atoms with Crippen LogP contribution in [0.25, 0.3) is 5.57 Å². The fourth-order valence-electron chi connectivity index (χ4n) is 5.40. The highest BCUT2D eigenvalue weighted by Crippen LogP contribution is 2.40. The van der Waals surface area contributed by atoms with Crippen LogP contribution in [-0.2, 0) is 20.7 Å². The average Bonchev–Trinajstić information content (AvgIpc) is 3.06. The highest BCUT2D eigenvalue weighted by molar-refractivity contribution is 6.39. The lowest BCUT2D eigenvalue weighted by atomic mass is 9.88. The van der Waals surface area contributed by atoms with Crippen LogP contribution in [0.4, 0.5) is 0 Å². The lowest BCUT2D eigenvalue weighted by Crippen LogP contribution is -2.27. The van der Waals surface area contributed by atoms with E-state index in [1.54, 1.807) is 30.6 Å². The van der Waals surface area contributed by atoms with Crippen LogP contribution in [0.1, 0.15) is 78.2 Å². The Hall–Kier alpha value is -3.58. The van der Waals surface area contributed by atoms with E-state index in [9.17, 15) is 14.4 Å². The first kappa shape index (κ1) is 29.4. The number of aromatic nitrogens is 1. The highest BCUT2D eigenvalue weighted by Gasteiger charge is 2.37. The van der Waals surface area contributed by atoms with E-state index in [1.807, 2.05) is 26.8 Å². The number of allylic oxidation sites excluding steroid dienone is 4. The van der Waals surface area contributed by atoms with Crippen molar-refractivity contribution in [3.63, 3.8) is 0 Å². The summed E-state index contributed by atoms with van der Waals surface area (Å²) >= 11 is 6.12. The van der Waals surface area contributed by atoms with Crippen LogP contribution in [0.2, 0.25) is 0 Å². The number of benzene rings is 1. The van der Waals surface area contributed by atoms with Gasteiger partial charge in [0.2, 0.25) is 0 Å². The second-order valence-corrected chi connectivity index (χ2v) is 10.9. The molecule has 2 unspecified atom stereocenters. The molecule has 2 atom stereocenters. The Kier molecular flexibility index (Phi) is 10.0. The Balaban J connectivity index is 1.53. The molecule has 0 saturated carbocycles. The number of nitrogens with one attached hydrogen (secondary N) is 1. The molecule has 0 radical (unpaired) electrons. The molecule has 4 rings (SSSR count). The number of nitrogens with zero attached hydrogens (tertiary/aromatic N) is 2. The van der Waals surface area contributed by atoms with Gasteiger partial charge in [0.25, 0.3) is 5.91 Å². The number of ether oxygens (including phenoxy) is 1. The summed E-state index contributed by atoms with van der Waals surface area (Å²) < 4.78 is 5.79. The van der Waals surface area contributed by atoms with Crippen LogP contribution < -0.4 is 5.32 Å². The Morgan fingerprint density at radius 1 is 1.18 bits per heavy atom. The molecule has 1 aromatic carbocycles. The van der Waals surface area contributed by atoms with Gasteiger partial charge in [0.1, 0.15) is 11.5 Å². The lowest BCUT2D eigenvalue weighted by molar-refractivity contribution is -0.139. The summed E-state index contributed by atoms with van der Waals surface area (Å²) in [6.07, 6.45) is 9.58. The predicted octanol–water partition coefficient (Wildman–Crippen LogP) is 6.06. The standard InChI is InChI=1S/C32H36ClN3O4/c1-4-8-28(37)40-27-18-23(12-14-35-32(39)26-11-5-6-13-34-26)31(38)30(27)29-20(2)15-22(16-21(29)3)17-25-10-7-9-24(33)19-36-25/h5-6,9,11,13,15-16,19,23,25H,4,7-8,10,12,14,17-18H2,1-3H3,(H,35,39). The van der Waals surface area contributed by atoms with Crippen LogP contribution in [0, 0.1) is 19.8 Å². The number of aryl methyl sites for hydroxylation is 2. The topological polar surface area (TPSA) is 97.7 Å². The summed E-state index contributed by atoms with van der Waals surface area (Å²) in [7, 11) is 0. The van der Waals surface area contributed by atoms with Crippen molar-refractivity contribution in [2.24, 2.45) is 10.9 Å². The molecule has 8 heteroatoms. The number of carbonyl (C=O) groups is 3. The molecule has 1 aromatic heterocycles. The smallest absolute Gasteiger partial charge is 0.310 e. The van der Waals surface area contributed by atoms with E-state index >= 15 is 0 Å². The maximum Gasteiger partial charge on any atom is 0.310 e. The summed E-state index contributed by atoms with van der Waals surface area (Å²) in [5, 5.41) is 3.52. The molecule has 2 heterocycles. The van der Waals surface area contributed by atoms with Crippen molar-refractivity contribution >= 4 is 41.0 Å². The molecule has 1 aliphatic carbocycles. The van der Waals surface area contributed by atoms with Gasteiger partial charge in [0.05, 0.1) is 16.6 Å². The van der Waals surface area contributed by atoms with Gasteiger partial charge in [0.15, 0.2) is 5.78 Å². The van der Waals surface area contributed by atoms with Gasteiger partial charge in [0, 0.05) is 37.7 Å². The maximum atomic E-state index is 13.8. The molecule has 7 nitrogen and oxygen atoms in total. The molecule has 0 saturated heterocycles. The number of aliphatic imine (C=N–C) groups is 1. The van der Waals surface area contributed by atoms with E-state index in [2.05, 4.69) is 27.4 Å². The van der Waals surface area contributed by atoms with Gasteiger partial charge in [-0.25, -0.2) is 0 Å². The van der Waals surface area contributed by atoms with Crippen LogP contribution in [0.3, 0.4) is 0 Å². The van der Waals surface area contributed by atoms with Crippen molar-refractivity contribution in [1.29, 1.82) is 0 Å². The van der Waals surface area contributed by atoms with Crippen molar-refractivity contribution in [3.8, 4) is 0 Å². The number of amides is 1. The Morgan fingerprint density at radius 3 is 2.65 bits per heavy atom. The SMILES string of the molecule is CCCC(=O)OC1=C(c2c(C)cc(CC3CCC=C(Cl)C=N3)cc2C)C(=O)C(CCNC(=O)c2ccccn2)C1. The van der Waals surface area contributed by atoms with E-state index in [0.717, 1.165) is 41.5 Å². The molecule has 0 bridgehead atoms. The van der Waals surface area contributed by atoms with Gasteiger partial charge < -0.3 is 10.1 Å². The molecule has 1 N–H and O–H groups in total. The van der Waals surface area contributed by atoms with Crippen LogP contribution in [0.15, 0.2) is 58.4 Å². The minimum absolute atomic E-state index is 0.0561. The molecule has 40 heavy (non-hydrogen) atoms. The van der Waals surface area contributed by atoms with Gasteiger partial charge in [-0.15, -0.1) is 0 Å². The van der Waals surface area contributed by atoms with Crippen molar-refractivity contribution in [3.05, 3.63) is 81.3 Å². The van der Waals surface area contributed by atoms with Crippen molar-refractivity contribution in [2.45, 2.75) is 71.8 Å². The number of carbonyl (C=O) groups excluding carboxylic acids is 3. The number of rotatable bonds is 10. The summed E-state index contributed by atoms with van der Waals surface area (Å²) in [6, 6.07) is 9.48. The number of hydrogen-bond donors (Lipinski definition) is 1. The van der Waals surface area contributed by atoms with Crippen LogP contribution >= 0.6 is 11.6 Å². The third-order valence-electron chi connectivity index (χ3n) is 7.26. The molecule has 0 spiro atoms. The predicted molar refractivity (Wildman–Crippen MR) is 157 cm³/mol. The lowest BCUT2D eigenvalue weighted by Gasteiger charge is -2.17. The first-order valence-corrected chi connectivity index (χ1v) is 14.3. The number of halogens is 1. The second kappa shape index (κ2) is 13.7. The fraction of sp³-hybridized carbons (Fsp3) is 0.406. The number of hydrogen-bond acceptors (Lipinski definition) is 6. The summed E-state index contributed by atoms with van der Waals surface area (Å²) in [5.74, 6) is -0.638. The van der Waals surface area contributed by atoms with Gasteiger partial charge >= 0.3 is 5.97 Å². The number of esters is 1. The Labute approximate surface area is 240 Å². The van der Waals surface area contributed by atoms with E-state index in [0.29, 0.717) is 47.9 Å². The molecule has 210 valence electrons. The van der Waals surface area contributed by atoms with Crippen molar-refractivity contribution in [1.82, 2.24) is 10.3 Å². The molecule has 1 amide bonds. The van der Waals surface area contributed by atoms with Gasteiger partial charge in [-0.3, -0.25) is 24.4 Å². The third kappa shape index (κ3) is 7.33. The van der Waals surface area contributed by atoms with E-state index < -0.39 is 0 Å². The van der Waals surface area contributed by atoms with E-state index in [1.165, 1.54) is 0 Å². The zero-order valence-electron chi connectivity index (χ0n) is 23.3. The number of Topliss-reactive ketones (excluding diaryl/α,β-unsaturated/α-hetero) is 1. The van der Waals surface area contributed by atoms with Gasteiger partial charge in [-0.2, -0.15) is 0 Å². The minimum Gasteiger partial charge on any atom is -0.430 e. The monoisotopic (exact) mass is 561 g/mol. The second-order valence-electron chi connectivity index (χ2n) is 10.5. The molecule has 0 fully saturated rings. The first-order chi connectivity index (χ1) is 19.3. The molecule has 1 aliphatic heterocycles. The largest absolute Gasteiger partial charge is 0.430 e. The number of pyridine rings is 1. The van der Waals surface area contributed by atoms with E-state index in [4.69, 9.17) is 16.3 Å². The van der Waals surface area contributed by atoms with Crippen molar-refractivity contribution < 1.29 is 19.1 Å². The molecule has 2 aliphatic rings. The quantitative estimate of drug-likeness (QED) is 0.356. The van der Waals surface area contributed by atoms with Crippen LogP contribution in [-0.4, -0.2) is 41.4 Å².